The Bertz CT molecular complexity index is 1460. The Morgan fingerprint density at radius 3 is 2.57 bits per heavy atom. The van der Waals surface area contributed by atoms with E-state index in [2.05, 4.69) is 58.6 Å². The first-order valence-electron chi connectivity index (χ1n) is 14.5. The molecular weight excluding hydrogens is 528 g/mol. The number of hydrogen-bond acceptors (Lipinski definition) is 9. The molecule has 10 nitrogen and oxygen atoms in total. The minimum absolute atomic E-state index is 0.0264. The molecule has 0 radical (unpaired) electrons. The molecule has 1 saturated heterocycles. The zero-order chi connectivity index (χ0) is 29.6. The van der Waals surface area contributed by atoms with Crippen LogP contribution in [0.4, 0.5) is 17.3 Å². The summed E-state index contributed by atoms with van der Waals surface area (Å²) in [5, 5.41) is 21.1. The molecule has 0 aliphatic carbocycles. The van der Waals surface area contributed by atoms with E-state index in [0.29, 0.717) is 24.4 Å². The van der Waals surface area contributed by atoms with Crippen molar-refractivity contribution in [2.75, 3.05) is 51.1 Å². The van der Waals surface area contributed by atoms with Crippen LogP contribution in [0.3, 0.4) is 0 Å². The maximum atomic E-state index is 9.48. The van der Waals surface area contributed by atoms with Crippen LogP contribution in [0, 0.1) is 6.92 Å². The lowest BCUT2D eigenvalue weighted by Gasteiger charge is -2.37. The number of hydrogen-bond donors (Lipinski definition) is 3. The molecule has 0 amide bonds. The number of aryl methyl sites for hydroxylation is 1. The maximum absolute atomic E-state index is 9.48. The second-order valence-electron chi connectivity index (χ2n) is 11.2. The van der Waals surface area contributed by atoms with Gasteiger partial charge in [-0.15, -0.1) is 0 Å². The SMILES string of the molecule is COc1cc(N2CCC(N(C)C)CC2)c(C)cc1Nc1nccc(-n2cc(CNC(C)CO)c(-c3ccccc3)n2)n1. The van der Waals surface area contributed by atoms with Gasteiger partial charge >= 0.3 is 0 Å². The highest BCUT2D eigenvalue weighted by Crippen LogP contribution is 2.36. The molecule has 0 bridgehead atoms. The van der Waals surface area contributed by atoms with Crippen molar-refractivity contribution in [1.29, 1.82) is 0 Å². The number of methoxy groups -OCH3 is 1. The van der Waals surface area contributed by atoms with Gasteiger partial charge in [-0.3, -0.25) is 0 Å². The predicted octanol–water partition coefficient (Wildman–Crippen LogP) is 4.39. The second-order valence-corrected chi connectivity index (χ2v) is 11.2. The van der Waals surface area contributed by atoms with Crippen LogP contribution in [0.15, 0.2) is 60.9 Å². The van der Waals surface area contributed by atoms with E-state index in [1.165, 1.54) is 11.3 Å². The van der Waals surface area contributed by atoms with Gasteiger partial charge in [0.1, 0.15) is 5.75 Å². The van der Waals surface area contributed by atoms with Crippen LogP contribution in [0.5, 0.6) is 5.75 Å². The Hall–Kier alpha value is -3.99. The molecule has 1 aliphatic heterocycles. The summed E-state index contributed by atoms with van der Waals surface area (Å²) in [4.78, 5) is 14.1. The van der Waals surface area contributed by atoms with Crippen LogP contribution in [-0.2, 0) is 6.54 Å². The van der Waals surface area contributed by atoms with Gasteiger partial charge in [0.25, 0.3) is 0 Å². The van der Waals surface area contributed by atoms with E-state index < -0.39 is 0 Å². The number of aliphatic hydroxyl groups is 1. The van der Waals surface area contributed by atoms with Gasteiger partial charge in [-0.25, -0.2) is 9.67 Å². The van der Waals surface area contributed by atoms with Crippen molar-refractivity contribution in [2.24, 2.45) is 0 Å². The third kappa shape index (κ3) is 6.73. The number of aliphatic hydroxyl groups excluding tert-OH is 1. The molecule has 1 aliphatic rings. The summed E-state index contributed by atoms with van der Waals surface area (Å²) in [6, 6.07) is 16.7. The van der Waals surface area contributed by atoms with Crippen LogP contribution in [0.2, 0.25) is 0 Å². The molecule has 1 atom stereocenters. The summed E-state index contributed by atoms with van der Waals surface area (Å²) in [5.74, 6) is 1.84. The summed E-state index contributed by atoms with van der Waals surface area (Å²) < 4.78 is 7.58. The van der Waals surface area contributed by atoms with Crippen molar-refractivity contribution >= 4 is 17.3 Å². The highest BCUT2D eigenvalue weighted by molar-refractivity contribution is 5.71. The Balaban J connectivity index is 1.39. The maximum Gasteiger partial charge on any atom is 0.229 e. The second kappa shape index (κ2) is 13.3. The molecule has 42 heavy (non-hydrogen) atoms. The number of benzene rings is 2. The largest absolute Gasteiger partial charge is 0.494 e. The molecule has 10 heteroatoms. The van der Waals surface area contributed by atoms with Crippen molar-refractivity contribution in [3.63, 3.8) is 0 Å². The number of piperidine rings is 1. The molecule has 222 valence electrons. The first-order chi connectivity index (χ1) is 20.4. The zero-order valence-electron chi connectivity index (χ0n) is 25.2. The molecule has 2 aromatic heterocycles. The number of anilines is 3. The smallest absolute Gasteiger partial charge is 0.229 e. The highest BCUT2D eigenvalue weighted by Gasteiger charge is 2.23. The molecule has 4 aromatic rings. The molecule has 3 heterocycles. The number of nitrogens with one attached hydrogen (secondary N) is 2. The normalized spacial score (nSPS) is 14.8. The Labute approximate surface area is 248 Å². The highest BCUT2D eigenvalue weighted by atomic mass is 16.5. The first-order valence-corrected chi connectivity index (χ1v) is 14.5. The predicted molar refractivity (Wildman–Crippen MR) is 168 cm³/mol. The number of nitrogens with zero attached hydrogens (tertiary/aromatic N) is 6. The fourth-order valence-corrected chi connectivity index (χ4v) is 5.41. The molecule has 1 unspecified atom stereocenters. The summed E-state index contributed by atoms with van der Waals surface area (Å²) in [6.07, 6.45) is 5.99. The molecule has 0 saturated carbocycles. The molecule has 2 aromatic carbocycles. The third-order valence-corrected chi connectivity index (χ3v) is 7.93. The average Bonchev–Trinajstić information content (AvgIpc) is 3.45. The molecule has 1 fully saturated rings. The lowest BCUT2D eigenvalue weighted by molar-refractivity contribution is 0.249. The standard InChI is InChI=1S/C32H42N8O2/c1-22-17-27(29(42-5)18-28(22)39-15-12-26(13-16-39)38(3)4)35-32-33-14-11-30(36-32)40-20-25(19-34-23(2)21-41)31(37-40)24-9-7-6-8-10-24/h6-11,14,17-18,20,23,26,34,41H,12-13,15-16,19,21H2,1-5H3,(H,33,35,36). The Kier molecular flexibility index (Phi) is 9.36. The topological polar surface area (TPSA) is 104 Å². The van der Waals surface area contributed by atoms with Gasteiger partial charge in [0.2, 0.25) is 5.95 Å². The third-order valence-electron chi connectivity index (χ3n) is 7.93. The first kappa shape index (κ1) is 29.5. The van der Waals surface area contributed by atoms with Gasteiger partial charge in [0.05, 0.1) is 25.1 Å². The molecule has 5 rings (SSSR count). The number of ether oxygens (including phenoxy) is 1. The van der Waals surface area contributed by atoms with E-state index in [0.717, 1.165) is 54.2 Å². The van der Waals surface area contributed by atoms with E-state index >= 15 is 0 Å². The van der Waals surface area contributed by atoms with E-state index in [1.807, 2.05) is 49.5 Å². The van der Waals surface area contributed by atoms with Crippen LogP contribution in [-0.4, -0.2) is 82.7 Å². The fraction of sp³-hybridized carbons (Fsp3) is 0.406. The quantitative estimate of drug-likeness (QED) is 0.242. The van der Waals surface area contributed by atoms with E-state index in [4.69, 9.17) is 14.8 Å². The number of aromatic nitrogens is 4. The summed E-state index contributed by atoms with van der Waals surface area (Å²) in [7, 11) is 6.02. The van der Waals surface area contributed by atoms with Crippen LogP contribution in [0.1, 0.15) is 30.9 Å². The van der Waals surface area contributed by atoms with Gasteiger partial charge < -0.3 is 30.3 Å². The van der Waals surface area contributed by atoms with E-state index in [1.54, 1.807) is 18.0 Å². The molecule has 0 spiro atoms. The summed E-state index contributed by atoms with van der Waals surface area (Å²) >= 11 is 0. The van der Waals surface area contributed by atoms with Crippen LogP contribution in [0.25, 0.3) is 17.1 Å². The van der Waals surface area contributed by atoms with Crippen molar-refractivity contribution < 1.29 is 9.84 Å². The lowest BCUT2D eigenvalue weighted by Crippen LogP contribution is -2.42. The van der Waals surface area contributed by atoms with Gasteiger partial charge in [-0.1, -0.05) is 30.3 Å². The van der Waals surface area contributed by atoms with Crippen LogP contribution < -0.4 is 20.3 Å². The van der Waals surface area contributed by atoms with Crippen molar-refractivity contribution in [1.82, 2.24) is 30.0 Å². The monoisotopic (exact) mass is 570 g/mol. The van der Waals surface area contributed by atoms with Crippen molar-refractivity contribution in [2.45, 2.75) is 45.3 Å². The minimum atomic E-state index is -0.0264. The van der Waals surface area contributed by atoms with Crippen LogP contribution >= 0.6 is 0 Å². The van der Waals surface area contributed by atoms with Gasteiger partial charge in [0, 0.05) is 73.1 Å². The van der Waals surface area contributed by atoms with E-state index in [-0.39, 0.29) is 12.6 Å². The Morgan fingerprint density at radius 1 is 1.12 bits per heavy atom. The summed E-state index contributed by atoms with van der Waals surface area (Å²) in [5.41, 5.74) is 6.08. The zero-order valence-corrected chi connectivity index (χ0v) is 25.2. The van der Waals surface area contributed by atoms with E-state index in [9.17, 15) is 5.11 Å². The van der Waals surface area contributed by atoms with Crippen molar-refractivity contribution in [3.8, 4) is 22.8 Å². The molecule has 3 N–H and O–H groups in total. The average molecular weight is 571 g/mol. The fourth-order valence-electron chi connectivity index (χ4n) is 5.41. The van der Waals surface area contributed by atoms with Gasteiger partial charge in [-0.05, 0) is 52.4 Å². The Morgan fingerprint density at radius 2 is 1.88 bits per heavy atom. The van der Waals surface area contributed by atoms with Gasteiger partial charge in [-0.2, -0.15) is 10.1 Å². The van der Waals surface area contributed by atoms with Gasteiger partial charge in [0.15, 0.2) is 5.82 Å². The summed E-state index contributed by atoms with van der Waals surface area (Å²) in [6.45, 7) is 6.76. The lowest BCUT2D eigenvalue weighted by atomic mass is 10.0. The molecular formula is C32H42N8O2. The number of rotatable bonds is 11. The van der Waals surface area contributed by atoms with Crippen molar-refractivity contribution in [3.05, 3.63) is 72.1 Å². The minimum Gasteiger partial charge on any atom is -0.494 e.